The first kappa shape index (κ1) is 14.0. The predicted molar refractivity (Wildman–Crippen MR) is 66.9 cm³/mol. The van der Waals surface area contributed by atoms with E-state index in [2.05, 4.69) is 5.32 Å². The Labute approximate surface area is 110 Å². The summed E-state index contributed by atoms with van der Waals surface area (Å²) in [7, 11) is 0. The number of alkyl halides is 3. The van der Waals surface area contributed by atoms with Gasteiger partial charge in [-0.05, 0) is 34.7 Å². The van der Waals surface area contributed by atoms with Crippen molar-refractivity contribution in [1.29, 1.82) is 0 Å². The molecule has 0 atom stereocenters. The molecule has 0 aliphatic rings. The van der Waals surface area contributed by atoms with Gasteiger partial charge in [0.25, 0.3) is 5.91 Å². The van der Waals surface area contributed by atoms with E-state index in [9.17, 15) is 18.0 Å². The average Bonchev–Trinajstić information content (AvgIpc) is 2.25. The molecule has 0 aliphatic carbocycles. The van der Waals surface area contributed by atoms with Gasteiger partial charge >= 0.3 is 6.18 Å². The van der Waals surface area contributed by atoms with Gasteiger partial charge in [0.1, 0.15) is 0 Å². The Hall–Kier alpha value is -1.05. The first-order chi connectivity index (χ1) is 7.88. The van der Waals surface area contributed by atoms with E-state index >= 15 is 0 Å². The summed E-state index contributed by atoms with van der Waals surface area (Å²) in [5.41, 5.74) is 0.420. The Morgan fingerprint density at radius 2 is 1.88 bits per heavy atom. The van der Waals surface area contributed by atoms with Crippen molar-refractivity contribution in [2.24, 2.45) is 0 Å². The molecule has 0 unspecified atom stereocenters. The van der Waals surface area contributed by atoms with E-state index in [4.69, 9.17) is 0 Å². The van der Waals surface area contributed by atoms with Crippen LogP contribution in [0.25, 0.3) is 0 Å². The molecule has 17 heavy (non-hydrogen) atoms. The molecule has 2 nitrogen and oxygen atoms in total. The van der Waals surface area contributed by atoms with Crippen molar-refractivity contribution in [2.45, 2.75) is 6.18 Å². The van der Waals surface area contributed by atoms with Gasteiger partial charge in [-0.2, -0.15) is 13.2 Å². The van der Waals surface area contributed by atoms with Crippen molar-refractivity contribution in [3.05, 3.63) is 45.6 Å². The summed E-state index contributed by atoms with van der Waals surface area (Å²) < 4.78 is 35.9. The van der Waals surface area contributed by atoms with Crippen LogP contribution < -0.4 is 5.32 Å². The van der Waals surface area contributed by atoms with Crippen LogP contribution in [0.2, 0.25) is 0 Å². The highest BCUT2D eigenvalue weighted by Crippen LogP contribution is 2.21. The number of benzene rings is 1. The van der Waals surface area contributed by atoms with Crippen molar-refractivity contribution in [3.63, 3.8) is 0 Å². The SMILES string of the molecule is O=C(NCC(I)=CC(F)(F)F)c1ccccc1. The smallest absolute Gasteiger partial charge is 0.348 e. The molecule has 0 spiro atoms. The molecule has 0 aliphatic heterocycles. The van der Waals surface area contributed by atoms with E-state index in [-0.39, 0.29) is 16.2 Å². The number of hydrogen-bond donors (Lipinski definition) is 1. The molecule has 1 amide bonds. The van der Waals surface area contributed by atoms with Crippen LogP contribution in [-0.2, 0) is 0 Å². The zero-order chi connectivity index (χ0) is 12.9. The number of nitrogens with one attached hydrogen (secondary N) is 1. The molecular weight excluding hydrogens is 346 g/mol. The maximum absolute atomic E-state index is 12.0. The van der Waals surface area contributed by atoms with Crippen LogP contribution in [0.15, 0.2) is 40.0 Å². The zero-order valence-electron chi connectivity index (χ0n) is 8.59. The van der Waals surface area contributed by atoms with Gasteiger partial charge in [-0.25, -0.2) is 0 Å². The monoisotopic (exact) mass is 355 g/mol. The lowest BCUT2D eigenvalue weighted by Gasteiger charge is -2.05. The molecule has 0 radical (unpaired) electrons. The van der Waals surface area contributed by atoms with Gasteiger partial charge in [-0.15, -0.1) is 0 Å². The molecule has 1 rings (SSSR count). The summed E-state index contributed by atoms with van der Waals surface area (Å²) in [5, 5.41) is 2.41. The predicted octanol–water partition coefficient (Wildman–Crippen LogP) is 3.30. The lowest BCUT2D eigenvalue weighted by Crippen LogP contribution is -2.25. The van der Waals surface area contributed by atoms with Crippen molar-refractivity contribution in [1.82, 2.24) is 5.32 Å². The normalized spacial score (nSPS) is 12.4. The average molecular weight is 355 g/mol. The summed E-state index contributed by atoms with van der Waals surface area (Å²) in [6.07, 6.45) is -4.19. The topological polar surface area (TPSA) is 29.1 Å². The van der Waals surface area contributed by atoms with Gasteiger partial charge < -0.3 is 5.32 Å². The highest BCUT2D eigenvalue weighted by molar-refractivity contribution is 14.1. The molecular formula is C11H9F3INO. The highest BCUT2D eigenvalue weighted by atomic mass is 127. The standard InChI is InChI=1S/C11H9F3INO/c12-11(13,14)6-9(15)7-16-10(17)8-4-2-1-3-5-8/h1-6H,7H2,(H,16,17). The lowest BCUT2D eigenvalue weighted by atomic mass is 10.2. The maximum atomic E-state index is 12.0. The molecule has 0 bridgehead atoms. The Kier molecular flexibility index (Phi) is 4.98. The van der Waals surface area contributed by atoms with Crippen molar-refractivity contribution in [3.8, 4) is 0 Å². The summed E-state index contributed by atoms with van der Waals surface area (Å²) >= 11 is 1.55. The number of carbonyl (C=O) groups is 1. The summed E-state index contributed by atoms with van der Waals surface area (Å²) in [4.78, 5) is 11.5. The first-order valence-electron chi connectivity index (χ1n) is 4.66. The lowest BCUT2D eigenvalue weighted by molar-refractivity contribution is -0.0801. The Bertz CT molecular complexity index is 414. The number of amides is 1. The minimum atomic E-state index is -4.35. The second kappa shape index (κ2) is 6.04. The third-order valence-electron chi connectivity index (χ3n) is 1.77. The van der Waals surface area contributed by atoms with E-state index in [1.54, 1.807) is 52.9 Å². The summed E-state index contributed by atoms with van der Waals surface area (Å²) in [6.45, 7) is -0.131. The molecule has 6 heteroatoms. The number of allylic oxidation sites excluding steroid dienone is 1. The second-order valence-electron chi connectivity index (χ2n) is 3.18. The highest BCUT2D eigenvalue weighted by Gasteiger charge is 2.23. The molecule has 1 aromatic rings. The third-order valence-corrected chi connectivity index (χ3v) is 2.47. The second-order valence-corrected chi connectivity index (χ2v) is 4.57. The van der Waals surface area contributed by atoms with Crippen LogP contribution in [0.4, 0.5) is 13.2 Å². The first-order valence-corrected chi connectivity index (χ1v) is 5.73. The zero-order valence-corrected chi connectivity index (χ0v) is 10.7. The maximum Gasteiger partial charge on any atom is 0.410 e. The van der Waals surface area contributed by atoms with Crippen molar-refractivity contribution < 1.29 is 18.0 Å². The van der Waals surface area contributed by atoms with Gasteiger partial charge in [0.15, 0.2) is 0 Å². The minimum absolute atomic E-state index is 0.0272. The molecule has 1 N–H and O–H groups in total. The Morgan fingerprint density at radius 1 is 1.29 bits per heavy atom. The molecule has 0 heterocycles. The van der Waals surface area contributed by atoms with Crippen molar-refractivity contribution in [2.75, 3.05) is 6.54 Å². The fourth-order valence-electron chi connectivity index (χ4n) is 1.08. The number of hydrogen-bond acceptors (Lipinski definition) is 1. The van der Waals surface area contributed by atoms with Crippen LogP contribution in [0, 0.1) is 0 Å². The van der Waals surface area contributed by atoms with E-state index in [1.807, 2.05) is 0 Å². The van der Waals surface area contributed by atoms with Gasteiger partial charge in [-0.3, -0.25) is 4.79 Å². The van der Waals surface area contributed by atoms with E-state index in [0.717, 1.165) is 0 Å². The Morgan fingerprint density at radius 3 is 2.41 bits per heavy atom. The molecule has 0 fully saturated rings. The van der Waals surface area contributed by atoms with Crippen LogP contribution >= 0.6 is 22.6 Å². The fourth-order valence-corrected chi connectivity index (χ4v) is 1.63. The van der Waals surface area contributed by atoms with Crippen molar-refractivity contribution >= 4 is 28.5 Å². The minimum Gasteiger partial charge on any atom is -0.348 e. The van der Waals surface area contributed by atoms with Gasteiger partial charge in [0, 0.05) is 21.8 Å². The summed E-state index contributed by atoms with van der Waals surface area (Å²) in [5.74, 6) is -0.393. The third kappa shape index (κ3) is 5.71. The summed E-state index contributed by atoms with van der Waals surface area (Å²) in [6, 6.07) is 8.31. The van der Waals surface area contributed by atoms with Crippen LogP contribution in [0.3, 0.4) is 0 Å². The largest absolute Gasteiger partial charge is 0.410 e. The van der Waals surface area contributed by atoms with E-state index in [1.165, 1.54) is 0 Å². The molecule has 0 saturated carbocycles. The van der Waals surface area contributed by atoms with E-state index in [0.29, 0.717) is 5.56 Å². The van der Waals surface area contributed by atoms with Gasteiger partial charge in [0.05, 0.1) is 0 Å². The number of rotatable bonds is 3. The fraction of sp³-hybridized carbons (Fsp3) is 0.182. The molecule has 0 saturated heterocycles. The van der Waals surface area contributed by atoms with Crippen LogP contribution in [-0.4, -0.2) is 18.6 Å². The number of carbonyl (C=O) groups excluding carboxylic acids is 1. The van der Waals surface area contributed by atoms with Crippen LogP contribution in [0.1, 0.15) is 10.4 Å². The number of halogens is 4. The molecule has 92 valence electrons. The van der Waals surface area contributed by atoms with Crippen LogP contribution in [0.5, 0.6) is 0 Å². The van der Waals surface area contributed by atoms with Gasteiger partial charge in [0.2, 0.25) is 0 Å². The van der Waals surface area contributed by atoms with E-state index < -0.39 is 12.1 Å². The molecule has 1 aromatic carbocycles. The van der Waals surface area contributed by atoms with Gasteiger partial charge in [-0.1, -0.05) is 18.2 Å². The Balaban J connectivity index is 2.53. The molecule has 0 aromatic heterocycles. The quantitative estimate of drug-likeness (QED) is 0.829.